The zero-order valence-corrected chi connectivity index (χ0v) is 17.6. The van der Waals surface area contributed by atoms with Crippen LogP contribution in [0.5, 0.6) is 11.5 Å². The van der Waals surface area contributed by atoms with Crippen LogP contribution in [0.2, 0.25) is 0 Å². The molecule has 0 radical (unpaired) electrons. The maximum Gasteiger partial charge on any atom is 0.326 e. The number of amides is 2. The second kappa shape index (κ2) is 10.5. The average Bonchev–Trinajstić information content (AvgIpc) is 3.24. The highest BCUT2D eigenvalue weighted by Crippen LogP contribution is 2.33. The molecule has 3 N–H and O–H groups in total. The van der Waals surface area contributed by atoms with Crippen LogP contribution in [0.25, 0.3) is 6.08 Å². The summed E-state index contributed by atoms with van der Waals surface area (Å²) in [6, 6.07) is 12.4. The van der Waals surface area contributed by atoms with Gasteiger partial charge in [-0.2, -0.15) is 11.8 Å². The lowest BCUT2D eigenvalue weighted by Crippen LogP contribution is -2.44. The van der Waals surface area contributed by atoms with Crippen molar-refractivity contribution < 1.29 is 29.0 Å². The topological polar surface area (TPSA) is 114 Å². The number of carbonyl (C=O) groups excluding carboxylic acids is 2. The Morgan fingerprint density at radius 1 is 1.13 bits per heavy atom. The molecule has 31 heavy (non-hydrogen) atoms. The van der Waals surface area contributed by atoms with Crippen LogP contribution in [-0.2, 0) is 9.59 Å². The quantitative estimate of drug-likeness (QED) is 0.511. The molecular weight excluding hydrogens is 420 g/mol. The summed E-state index contributed by atoms with van der Waals surface area (Å²) in [7, 11) is 0. The number of fused-ring (bicyclic) bond motifs is 1. The number of carboxylic acid groups (broad SMARTS) is 1. The first kappa shape index (κ1) is 22.2. The van der Waals surface area contributed by atoms with Crippen molar-refractivity contribution in [1.82, 2.24) is 10.6 Å². The molecule has 1 atom stereocenters. The number of hydrogen-bond acceptors (Lipinski definition) is 6. The lowest BCUT2D eigenvalue weighted by atomic mass is 10.1. The monoisotopic (exact) mass is 442 g/mol. The fourth-order valence-corrected chi connectivity index (χ4v) is 3.31. The van der Waals surface area contributed by atoms with E-state index in [1.165, 1.54) is 17.8 Å². The molecule has 0 saturated heterocycles. The van der Waals surface area contributed by atoms with Gasteiger partial charge in [0.1, 0.15) is 11.7 Å². The maximum absolute atomic E-state index is 12.9. The molecule has 9 heteroatoms. The maximum atomic E-state index is 12.9. The van der Waals surface area contributed by atoms with Crippen LogP contribution in [0.1, 0.15) is 22.3 Å². The molecule has 2 amide bonds. The first-order valence-corrected chi connectivity index (χ1v) is 10.9. The summed E-state index contributed by atoms with van der Waals surface area (Å²) < 4.78 is 10.6. The van der Waals surface area contributed by atoms with Crippen LogP contribution in [0.3, 0.4) is 0 Å². The Balaban J connectivity index is 1.86. The van der Waals surface area contributed by atoms with Gasteiger partial charge >= 0.3 is 5.97 Å². The van der Waals surface area contributed by atoms with Gasteiger partial charge < -0.3 is 25.2 Å². The van der Waals surface area contributed by atoms with Crippen LogP contribution < -0.4 is 20.1 Å². The van der Waals surface area contributed by atoms with Gasteiger partial charge in [0.2, 0.25) is 6.79 Å². The molecule has 3 rings (SSSR count). The molecule has 162 valence electrons. The van der Waals surface area contributed by atoms with Crippen LogP contribution >= 0.6 is 11.8 Å². The summed E-state index contributed by atoms with van der Waals surface area (Å²) in [5.41, 5.74) is 0.867. The van der Waals surface area contributed by atoms with Gasteiger partial charge in [-0.05, 0) is 54.3 Å². The van der Waals surface area contributed by atoms with E-state index in [-0.39, 0.29) is 18.9 Å². The number of nitrogens with one attached hydrogen (secondary N) is 2. The van der Waals surface area contributed by atoms with Gasteiger partial charge in [0.25, 0.3) is 11.8 Å². The minimum absolute atomic E-state index is 0.0804. The van der Waals surface area contributed by atoms with E-state index in [0.717, 1.165) is 0 Å². The third-order valence-corrected chi connectivity index (χ3v) is 5.09. The molecule has 1 aliphatic rings. The van der Waals surface area contributed by atoms with Gasteiger partial charge in [-0.25, -0.2) is 4.79 Å². The SMILES string of the molecule is CSCC[C@H](NC(=O)C(=Cc1ccc2c(c1)OCO2)NC(=O)c1ccccc1)C(=O)O. The largest absolute Gasteiger partial charge is 0.480 e. The third-order valence-electron chi connectivity index (χ3n) is 4.45. The number of carbonyl (C=O) groups is 3. The number of benzene rings is 2. The number of rotatable bonds is 9. The van der Waals surface area contributed by atoms with Gasteiger partial charge in [0.05, 0.1) is 0 Å². The van der Waals surface area contributed by atoms with Crippen molar-refractivity contribution in [1.29, 1.82) is 0 Å². The molecule has 0 fully saturated rings. The number of ether oxygens (including phenoxy) is 2. The lowest BCUT2D eigenvalue weighted by molar-refractivity contribution is -0.141. The first-order chi connectivity index (χ1) is 15.0. The normalized spacial score (nSPS) is 13.4. The highest BCUT2D eigenvalue weighted by atomic mass is 32.2. The predicted octanol–water partition coefficient (Wildman–Crippen LogP) is 2.51. The second-order valence-electron chi connectivity index (χ2n) is 6.64. The summed E-state index contributed by atoms with van der Waals surface area (Å²) in [6.45, 7) is 0.107. The summed E-state index contributed by atoms with van der Waals surface area (Å²) in [4.78, 5) is 37.1. The van der Waals surface area contributed by atoms with Gasteiger partial charge in [-0.3, -0.25) is 9.59 Å². The van der Waals surface area contributed by atoms with Crippen LogP contribution in [0.15, 0.2) is 54.2 Å². The summed E-state index contributed by atoms with van der Waals surface area (Å²) >= 11 is 1.48. The Labute approximate surface area is 183 Å². The van der Waals surface area contributed by atoms with E-state index in [4.69, 9.17) is 9.47 Å². The molecule has 0 aliphatic carbocycles. The van der Waals surface area contributed by atoms with E-state index < -0.39 is 23.8 Å². The second-order valence-corrected chi connectivity index (χ2v) is 7.62. The standard InChI is InChI=1S/C22H22N2O6S/c1-31-10-9-16(22(27)28)23-21(26)17(24-20(25)15-5-3-2-4-6-15)11-14-7-8-18-19(12-14)30-13-29-18/h2-8,11-12,16H,9-10,13H2,1H3,(H,23,26)(H,24,25)(H,27,28)/t16-/m0/s1. The van der Waals surface area contributed by atoms with Gasteiger partial charge in [0.15, 0.2) is 11.5 Å². The Bertz CT molecular complexity index is 993. The number of carboxylic acids is 1. The molecule has 0 aromatic heterocycles. The summed E-state index contributed by atoms with van der Waals surface area (Å²) in [6.07, 6.45) is 3.57. The Morgan fingerprint density at radius 2 is 1.87 bits per heavy atom. The lowest BCUT2D eigenvalue weighted by Gasteiger charge is -2.16. The van der Waals surface area contributed by atoms with Gasteiger partial charge in [-0.1, -0.05) is 24.3 Å². The average molecular weight is 442 g/mol. The molecule has 8 nitrogen and oxygen atoms in total. The molecule has 1 aliphatic heterocycles. The van der Waals surface area contributed by atoms with E-state index in [1.807, 2.05) is 6.26 Å². The first-order valence-electron chi connectivity index (χ1n) is 9.48. The van der Waals surface area contributed by atoms with E-state index in [0.29, 0.717) is 28.4 Å². The third kappa shape index (κ3) is 6.02. The van der Waals surface area contributed by atoms with E-state index in [9.17, 15) is 19.5 Å². The molecule has 0 saturated carbocycles. The predicted molar refractivity (Wildman–Crippen MR) is 117 cm³/mol. The van der Waals surface area contributed by atoms with Crippen molar-refractivity contribution in [3.63, 3.8) is 0 Å². The van der Waals surface area contributed by atoms with Crippen LogP contribution in [0.4, 0.5) is 0 Å². The smallest absolute Gasteiger partial charge is 0.326 e. The van der Waals surface area contributed by atoms with Gasteiger partial charge in [-0.15, -0.1) is 0 Å². The Morgan fingerprint density at radius 3 is 2.58 bits per heavy atom. The van der Waals surface area contributed by atoms with Crippen LogP contribution in [-0.4, -0.2) is 47.7 Å². The van der Waals surface area contributed by atoms with Crippen molar-refractivity contribution in [3.05, 3.63) is 65.4 Å². The molecule has 1 heterocycles. The summed E-state index contributed by atoms with van der Waals surface area (Å²) in [5.74, 6) is -0.659. The van der Waals surface area contributed by atoms with Gasteiger partial charge in [0, 0.05) is 5.56 Å². The minimum atomic E-state index is -1.14. The van der Waals surface area contributed by atoms with Crippen molar-refractivity contribution in [2.24, 2.45) is 0 Å². The van der Waals surface area contributed by atoms with Crippen molar-refractivity contribution in [2.75, 3.05) is 18.8 Å². The molecule has 0 unspecified atom stereocenters. The minimum Gasteiger partial charge on any atom is -0.480 e. The van der Waals surface area contributed by atoms with Crippen molar-refractivity contribution in [2.45, 2.75) is 12.5 Å². The van der Waals surface area contributed by atoms with Crippen molar-refractivity contribution in [3.8, 4) is 11.5 Å². The summed E-state index contributed by atoms with van der Waals surface area (Å²) in [5, 5.41) is 14.5. The highest BCUT2D eigenvalue weighted by molar-refractivity contribution is 7.98. The molecular formula is C22H22N2O6S. The fraction of sp³-hybridized carbons (Fsp3) is 0.227. The molecule has 0 spiro atoms. The zero-order chi connectivity index (χ0) is 22.2. The molecule has 2 aromatic carbocycles. The van der Waals surface area contributed by atoms with E-state index in [2.05, 4.69) is 10.6 Å². The van der Waals surface area contributed by atoms with Crippen molar-refractivity contribution >= 4 is 35.6 Å². The number of thioether (sulfide) groups is 1. The Kier molecular flexibility index (Phi) is 7.55. The number of hydrogen-bond donors (Lipinski definition) is 3. The highest BCUT2D eigenvalue weighted by Gasteiger charge is 2.23. The van der Waals surface area contributed by atoms with E-state index >= 15 is 0 Å². The molecule has 2 aromatic rings. The van der Waals surface area contributed by atoms with Crippen LogP contribution in [0, 0.1) is 0 Å². The number of aliphatic carboxylic acids is 1. The zero-order valence-electron chi connectivity index (χ0n) is 16.8. The van der Waals surface area contributed by atoms with E-state index in [1.54, 1.807) is 48.5 Å². The molecule has 0 bridgehead atoms. The fourth-order valence-electron chi connectivity index (χ4n) is 2.84. The Hall–Kier alpha value is -3.46.